The summed E-state index contributed by atoms with van der Waals surface area (Å²) in [5, 5.41) is 0. The fourth-order valence-corrected chi connectivity index (χ4v) is 2.52. The molecule has 2 rings (SSSR count). The molecule has 0 heterocycles. The van der Waals surface area contributed by atoms with Crippen LogP contribution in [0.1, 0.15) is 37.8 Å². The molecule has 0 aromatic heterocycles. The Morgan fingerprint density at radius 1 is 0.952 bits per heavy atom. The zero-order chi connectivity index (χ0) is 15.1. The molecule has 0 aliphatic carbocycles. The molecule has 1 atom stereocenters. The van der Waals surface area contributed by atoms with Gasteiger partial charge in [0.05, 0.1) is 6.10 Å². The first-order chi connectivity index (χ1) is 10.2. The Bertz CT molecular complexity index is 484. The van der Waals surface area contributed by atoms with Crippen molar-refractivity contribution in [3.63, 3.8) is 0 Å². The van der Waals surface area contributed by atoms with Gasteiger partial charge in [-0.3, -0.25) is 0 Å². The van der Waals surface area contributed by atoms with Gasteiger partial charge in [0.1, 0.15) is 0 Å². The fourth-order valence-electron chi connectivity index (χ4n) is 2.52. The third-order valence-corrected chi connectivity index (χ3v) is 3.81. The molecular weight excluding hydrogens is 263 g/mol. The molecule has 0 spiro atoms. The number of hydrogen-bond donors (Lipinski definition) is 0. The molecule has 0 saturated heterocycles. The van der Waals surface area contributed by atoms with Crippen LogP contribution >= 0.6 is 0 Å². The molecule has 0 fully saturated rings. The number of ether oxygens (including phenoxy) is 1. The van der Waals surface area contributed by atoms with Gasteiger partial charge in [-0.2, -0.15) is 0 Å². The lowest BCUT2D eigenvalue weighted by Crippen LogP contribution is -2.36. The highest BCUT2D eigenvalue weighted by molar-refractivity contribution is 5.37. The molecule has 0 aliphatic heterocycles. The molecule has 2 aromatic rings. The summed E-state index contributed by atoms with van der Waals surface area (Å²) >= 11 is 0. The maximum absolute atomic E-state index is 16.0. The highest BCUT2D eigenvalue weighted by atomic mass is 19.1. The summed E-state index contributed by atoms with van der Waals surface area (Å²) < 4.78 is 21.7. The number of benzene rings is 2. The van der Waals surface area contributed by atoms with Crippen molar-refractivity contribution < 1.29 is 9.13 Å². The average molecular weight is 286 g/mol. The van der Waals surface area contributed by atoms with Crippen molar-refractivity contribution in [2.24, 2.45) is 0 Å². The second kappa shape index (κ2) is 7.37. The molecule has 0 aliphatic rings. The van der Waals surface area contributed by atoms with Crippen molar-refractivity contribution >= 4 is 0 Å². The van der Waals surface area contributed by atoms with Crippen LogP contribution in [0.2, 0.25) is 0 Å². The van der Waals surface area contributed by atoms with Crippen molar-refractivity contribution in [3.05, 3.63) is 71.8 Å². The highest BCUT2D eigenvalue weighted by Gasteiger charge is 2.40. The van der Waals surface area contributed by atoms with Gasteiger partial charge in [0.2, 0.25) is 0 Å². The molecule has 112 valence electrons. The Hall–Kier alpha value is -1.67. The van der Waals surface area contributed by atoms with E-state index >= 15 is 4.39 Å². The van der Waals surface area contributed by atoms with Crippen LogP contribution in [0.25, 0.3) is 0 Å². The van der Waals surface area contributed by atoms with Crippen LogP contribution in [0.15, 0.2) is 60.7 Å². The van der Waals surface area contributed by atoms with E-state index in [1.807, 2.05) is 67.6 Å². The van der Waals surface area contributed by atoms with Gasteiger partial charge >= 0.3 is 0 Å². The van der Waals surface area contributed by atoms with Crippen molar-refractivity contribution in [1.29, 1.82) is 0 Å². The third-order valence-electron chi connectivity index (χ3n) is 3.81. The van der Waals surface area contributed by atoms with Gasteiger partial charge in [0.15, 0.2) is 5.67 Å². The van der Waals surface area contributed by atoms with Crippen LogP contribution in [0.3, 0.4) is 0 Å². The molecule has 2 heteroatoms. The summed E-state index contributed by atoms with van der Waals surface area (Å²) in [6, 6.07) is 18.6. The zero-order valence-corrected chi connectivity index (χ0v) is 12.8. The molecule has 21 heavy (non-hydrogen) atoms. The SMILES string of the molecule is CCCCO[C@@H](C)C(F)(c1ccccc1)c1ccccc1. The Morgan fingerprint density at radius 2 is 1.43 bits per heavy atom. The Morgan fingerprint density at radius 3 is 1.86 bits per heavy atom. The van der Waals surface area contributed by atoms with Gasteiger partial charge in [-0.15, -0.1) is 0 Å². The summed E-state index contributed by atoms with van der Waals surface area (Å²) in [6.07, 6.45) is 1.46. The lowest BCUT2D eigenvalue weighted by Gasteiger charge is -2.32. The molecule has 0 unspecified atom stereocenters. The first-order valence-corrected chi connectivity index (χ1v) is 7.61. The van der Waals surface area contributed by atoms with Gasteiger partial charge in [-0.25, -0.2) is 4.39 Å². The van der Waals surface area contributed by atoms with Crippen LogP contribution < -0.4 is 0 Å². The smallest absolute Gasteiger partial charge is 0.186 e. The molecule has 0 amide bonds. The van der Waals surface area contributed by atoms with E-state index in [0.29, 0.717) is 17.7 Å². The minimum Gasteiger partial charge on any atom is -0.374 e. The van der Waals surface area contributed by atoms with E-state index in [0.717, 1.165) is 12.8 Å². The number of halogens is 1. The highest BCUT2D eigenvalue weighted by Crippen LogP contribution is 2.38. The van der Waals surface area contributed by atoms with Crippen LogP contribution in [-0.4, -0.2) is 12.7 Å². The summed E-state index contributed by atoms with van der Waals surface area (Å²) in [7, 11) is 0. The average Bonchev–Trinajstić information content (AvgIpc) is 2.56. The van der Waals surface area contributed by atoms with Gasteiger partial charge < -0.3 is 4.74 Å². The summed E-state index contributed by atoms with van der Waals surface area (Å²) in [6.45, 7) is 4.50. The second-order valence-corrected chi connectivity index (χ2v) is 5.31. The Labute approximate surface area is 126 Å². The standard InChI is InChI=1S/C19H23FO/c1-3-4-15-21-16(2)19(20,17-11-7-5-8-12-17)18-13-9-6-10-14-18/h5-14,16H,3-4,15H2,1-2H3/t16-/m0/s1. The summed E-state index contributed by atoms with van der Waals surface area (Å²) in [5.74, 6) is 0. The molecule has 1 nitrogen and oxygen atoms in total. The largest absolute Gasteiger partial charge is 0.374 e. The predicted molar refractivity (Wildman–Crippen MR) is 85.1 cm³/mol. The zero-order valence-electron chi connectivity index (χ0n) is 12.8. The summed E-state index contributed by atoms with van der Waals surface area (Å²) in [5.41, 5.74) is -0.351. The molecule has 0 saturated carbocycles. The van der Waals surface area contributed by atoms with Gasteiger partial charge in [-0.05, 0) is 24.5 Å². The van der Waals surface area contributed by atoms with Gasteiger partial charge in [0, 0.05) is 6.61 Å². The normalized spacial score (nSPS) is 13.1. The lowest BCUT2D eigenvalue weighted by molar-refractivity contribution is -0.0337. The summed E-state index contributed by atoms with van der Waals surface area (Å²) in [4.78, 5) is 0. The van der Waals surface area contributed by atoms with E-state index in [4.69, 9.17) is 4.74 Å². The monoisotopic (exact) mass is 286 g/mol. The van der Waals surface area contributed by atoms with Gasteiger partial charge in [0.25, 0.3) is 0 Å². The van der Waals surface area contributed by atoms with Crippen LogP contribution in [0.5, 0.6) is 0 Å². The van der Waals surface area contributed by atoms with Crippen molar-refractivity contribution in [3.8, 4) is 0 Å². The van der Waals surface area contributed by atoms with E-state index in [9.17, 15) is 0 Å². The van der Waals surface area contributed by atoms with Crippen LogP contribution in [0.4, 0.5) is 4.39 Å². The van der Waals surface area contributed by atoms with Crippen LogP contribution in [-0.2, 0) is 10.4 Å². The number of unbranched alkanes of at least 4 members (excludes halogenated alkanes) is 1. The minimum absolute atomic E-state index is 0.533. The topological polar surface area (TPSA) is 9.23 Å². The number of alkyl halides is 1. The van der Waals surface area contributed by atoms with E-state index in [1.54, 1.807) is 0 Å². The lowest BCUT2D eigenvalue weighted by atomic mass is 9.84. The van der Waals surface area contributed by atoms with E-state index in [1.165, 1.54) is 0 Å². The maximum atomic E-state index is 16.0. The minimum atomic E-state index is -1.63. The third kappa shape index (κ3) is 3.51. The maximum Gasteiger partial charge on any atom is 0.186 e. The van der Waals surface area contributed by atoms with Crippen molar-refractivity contribution in [2.45, 2.75) is 38.5 Å². The first-order valence-electron chi connectivity index (χ1n) is 7.61. The number of rotatable bonds is 7. The number of hydrogen-bond acceptors (Lipinski definition) is 1. The molecule has 2 aromatic carbocycles. The van der Waals surface area contributed by atoms with Crippen LogP contribution in [0, 0.1) is 0 Å². The fraction of sp³-hybridized carbons (Fsp3) is 0.368. The van der Waals surface area contributed by atoms with E-state index in [2.05, 4.69) is 6.92 Å². The van der Waals surface area contributed by atoms with E-state index in [-0.39, 0.29) is 0 Å². The quantitative estimate of drug-likeness (QED) is 0.643. The van der Waals surface area contributed by atoms with Crippen molar-refractivity contribution in [1.82, 2.24) is 0 Å². The first kappa shape index (κ1) is 15.7. The van der Waals surface area contributed by atoms with Gasteiger partial charge in [-0.1, -0.05) is 74.0 Å². The predicted octanol–water partition coefficient (Wildman–Crippen LogP) is 5.10. The molecule has 0 bridgehead atoms. The molecule has 0 N–H and O–H groups in total. The Balaban J connectivity index is 2.35. The van der Waals surface area contributed by atoms with Crippen molar-refractivity contribution in [2.75, 3.05) is 6.61 Å². The van der Waals surface area contributed by atoms with E-state index < -0.39 is 11.8 Å². The second-order valence-electron chi connectivity index (χ2n) is 5.31. The Kier molecular flexibility index (Phi) is 5.51. The molecular formula is C19H23FO. The molecule has 0 radical (unpaired) electrons.